The number of hydrogen-bond donors (Lipinski definition) is 1. The summed E-state index contributed by atoms with van der Waals surface area (Å²) in [5.74, 6) is 0.786. The van der Waals surface area contributed by atoms with E-state index in [0.29, 0.717) is 11.2 Å². The molecule has 0 spiro atoms. The number of rotatable bonds is 8. The third-order valence-corrected chi connectivity index (χ3v) is 4.09. The number of hydrogen-bond acceptors (Lipinski definition) is 6. The fourth-order valence-corrected chi connectivity index (χ4v) is 2.57. The van der Waals surface area contributed by atoms with Crippen LogP contribution < -0.4 is 10.1 Å². The Morgan fingerprint density at radius 3 is 2.76 bits per heavy atom. The van der Waals surface area contributed by atoms with Gasteiger partial charge >= 0.3 is 0 Å². The van der Waals surface area contributed by atoms with E-state index in [4.69, 9.17) is 9.47 Å². The Balaban J connectivity index is 1.52. The maximum absolute atomic E-state index is 5.73. The number of ether oxygens (including phenoxy) is 2. The molecule has 0 radical (unpaired) electrons. The van der Waals surface area contributed by atoms with Crippen molar-refractivity contribution in [2.45, 2.75) is 31.8 Å². The van der Waals surface area contributed by atoms with E-state index < -0.39 is 0 Å². The van der Waals surface area contributed by atoms with Gasteiger partial charge in [-0.15, -0.1) is 5.10 Å². The van der Waals surface area contributed by atoms with Crippen LogP contribution in [0.3, 0.4) is 0 Å². The molecule has 5 nitrogen and oxygen atoms in total. The van der Waals surface area contributed by atoms with Crippen molar-refractivity contribution >= 4 is 11.3 Å². The predicted octanol–water partition coefficient (Wildman–Crippen LogP) is 2.77. The molecule has 1 aromatic carbocycles. The van der Waals surface area contributed by atoms with E-state index in [1.807, 2.05) is 24.3 Å². The molecule has 21 heavy (non-hydrogen) atoms. The molecule has 0 aliphatic heterocycles. The third-order valence-electron chi connectivity index (χ3n) is 3.29. The van der Waals surface area contributed by atoms with Gasteiger partial charge in [-0.1, -0.05) is 28.6 Å². The predicted molar refractivity (Wildman–Crippen MR) is 81.9 cm³/mol. The molecule has 0 unspecified atom stereocenters. The van der Waals surface area contributed by atoms with Crippen LogP contribution in [0.4, 0.5) is 0 Å². The van der Waals surface area contributed by atoms with E-state index in [-0.39, 0.29) is 0 Å². The van der Waals surface area contributed by atoms with Gasteiger partial charge in [-0.05, 0) is 37.0 Å². The molecule has 1 aliphatic carbocycles. The Kier molecular flexibility index (Phi) is 4.80. The summed E-state index contributed by atoms with van der Waals surface area (Å²) >= 11 is 1.49. The molecule has 1 fully saturated rings. The number of aromatic nitrogens is 2. The van der Waals surface area contributed by atoms with Crippen LogP contribution in [0.15, 0.2) is 24.3 Å². The van der Waals surface area contributed by atoms with Crippen molar-refractivity contribution in [3.8, 4) is 10.9 Å². The minimum atomic E-state index is 0.590. The Bertz CT molecular complexity index is 567. The lowest BCUT2D eigenvalue weighted by Gasteiger charge is -2.03. The molecule has 0 atom stereocenters. The molecule has 1 saturated carbocycles. The lowest BCUT2D eigenvalue weighted by atomic mass is 10.1. The van der Waals surface area contributed by atoms with Crippen LogP contribution in [0.1, 0.15) is 23.4 Å². The molecule has 2 aromatic rings. The van der Waals surface area contributed by atoms with Gasteiger partial charge in [0.05, 0.1) is 13.2 Å². The number of benzene rings is 1. The normalized spacial score (nSPS) is 14.3. The third kappa shape index (κ3) is 4.49. The molecule has 0 saturated heterocycles. The smallest absolute Gasteiger partial charge is 0.299 e. The molecule has 1 N–H and O–H groups in total. The van der Waals surface area contributed by atoms with Crippen LogP contribution >= 0.6 is 11.3 Å². The van der Waals surface area contributed by atoms with Gasteiger partial charge in [0.1, 0.15) is 10.8 Å². The molecular formula is C15H19N3O2S. The molecule has 3 rings (SSSR count). The van der Waals surface area contributed by atoms with Crippen LogP contribution in [0, 0.1) is 0 Å². The van der Waals surface area contributed by atoms with Gasteiger partial charge in [-0.2, -0.15) is 0 Å². The summed E-state index contributed by atoms with van der Waals surface area (Å²) in [5.41, 5.74) is 1.23. The van der Waals surface area contributed by atoms with Crippen molar-refractivity contribution in [1.29, 1.82) is 0 Å². The second kappa shape index (κ2) is 6.98. The Morgan fingerprint density at radius 2 is 2.05 bits per heavy atom. The van der Waals surface area contributed by atoms with Crippen molar-refractivity contribution in [1.82, 2.24) is 15.5 Å². The minimum absolute atomic E-state index is 0.590. The van der Waals surface area contributed by atoms with Crippen LogP contribution in [0.25, 0.3) is 0 Å². The average molecular weight is 305 g/mol. The monoisotopic (exact) mass is 305 g/mol. The van der Waals surface area contributed by atoms with Gasteiger partial charge in [-0.3, -0.25) is 0 Å². The van der Waals surface area contributed by atoms with Crippen LogP contribution in [-0.4, -0.2) is 30.0 Å². The van der Waals surface area contributed by atoms with E-state index in [9.17, 15) is 0 Å². The summed E-state index contributed by atoms with van der Waals surface area (Å²) in [6.45, 7) is 1.51. The van der Waals surface area contributed by atoms with Gasteiger partial charge in [0.2, 0.25) is 0 Å². The quantitative estimate of drug-likeness (QED) is 0.812. The zero-order valence-electron chi connectivity index (χ0n) is 12.0. The van der Waals surface area contributed by atoms with Crippen molar-refractivity contribution in [3.05, 3.63) is 34.8 Å². The lowest BCUT2D eigenvalue weighted by molar-refractivity contribution is 0.202. The first kappa shape index (κ1) is 14.4. The molecule has 0 amide bonds. The van der Waals surface area contributed by atoms with E-state index in [2.05, 4.69) is 15.5 Å². The topological polar surface area (TPSA) is 56.3 Å². The average Bonchev–Trinajstić information content (AvgIpc) is 3.24. The summed E-state index contributed by atoms with van der Waals surface area (Å²) in [6, 6.07) is 8.68. The van der Waals surface area contributed by atoms with Crippen molar-refractivity contribution in [3.63, 3.8) is 0 Å². The Morgan fingerprint density at radius 1 is 1.24 bits per heavy atom. The van der Waals surface area contributed by atoms with E-state index in [0.717, 1.165) is 30.3 Å². The van der Waals surface area contributed by atoms with Crippen LogP contribution in [-0.2, 0) is 17.7 Å². The van der Waals surface area contributed by atoms with E-state index >= 15 is 0 Å². The van der Waals surface area contributed by atoms with Gasteiger partial charge in [-0.25, -0.2) is 0 Å². The molecular weight excluding hydrogens is 286 g/mol. The maximum atomic E-state index is 5.73. The SMILES string of the molecule is COCCc1ccc(Oc2nnc(CNC3CC3)s2)cc1. The highest BCUT2D eigenvalue weighted by atomic mass is 32.1. The highest BCUT2D eigenvalue weighted by Crippen LogP contribution is 2.26. The maximum Gasteiger partial charge on any atom is 0.299 e. The van der Waals surface area contributed by atoms with Crippen LogP contribution in [0.5, 0.6) is 10.9 Å². The van der Waals surface area contributed by atoms with Crippen molar-refractivity contribution in [2.24, 2.45) is 0 Å². The number of nitrogens with zero attached hydrogens (tertiary/aromatic N) is 2. The molecule has 112 valence electrons. The summed E-state index contributed by atoms with van der Waals surface area (Å²) in [4.78, 5) is 0. The van der Waals surface area contributed by atoms with E-state index in [1.54, 1.807) is 7.11 Å². The van der Waals surface area contributed by atoms with E-state index in [1.165, 1.54) is 29.7 Å². The first-order chi connectivity index (χ1) is 10.3. The molecule has 1 heterocycles. The van der Waals surface area contributed by atoms with Crippen LogP contribution in [0.2, 0.25) is 0 Å². The summed E-state index contributed by atoms with van der Waals surface area (Å²) in [7, 11) is 1.71. The highest BCUT2D eigenvalue weighted by Gasteiger charge is 2.20. The zero-order valence-corrected chi connectivity index (χ0v) is 12.9. The second-order valence-electron chi connectivity index (χ2n) is 5.11. The van der Waals surface area contributed by atoms with Gasteiger partial charge in [0, 0.05) is 13.2 Å². The highest BCUT2D eigenvalue weighted by molar-refractivity contribution is 7.13. The molecule has 6 heteroatoms. The standard InChI is InChI=1S/C15H19N3O2S/c1-19-9-8-11-2-6-13(7-3-11)20-15-18-17-14(21-15)10-16-12-4-5-12/h2-3,6-7,12,16H,4-5,8-10H2,1H3. The van der Waals surface area contributed by atoms with Crippen molar-refractivity contribution < 1.29 is 9.47 Å². The molecule has 0 bridgehead atoms. The molecule has 1 aromatic heterocycles. The summed E-state index contributed by atoms with van der Waals surface area (Å²) < 4.78 is 10.8. The van der Waals surface area contributed by atoms with Crippen molar-refractivity contribution in [2.75, 3.05) is 13.7 Å². The Labute approximate surface area is 128 Å². The summed E-state index contributed by atoms with van der Waals surface area (Å²) in [6.07, 6.45) is 3.46. The van der Waals surface area contributed by atoms with Gasteiger partial charge in [0.15, 0.2) is 0 Å². The first-order valence-corrected chi connectivity index (χ1v) is 7.96. The fourth-order valence-electron chi connectivity index (χ4n) is 1.91. The lowest BCUT2D eigenvalue weighted by Crippen LogP contribution is -2.14. The Hall–Kier alpha value is -1.50. The molecule has 1 aliphatic rings. The summed E-state index contributed by atoms with van der Waals surface area (Å²) in [5, 5.41) is 13.2. The largest absolute Gasteiger partial charge is 0.430 e. The fraction of sp³-hybridized carbons (Fsp3) is 0.467. The second-order valence-corrected chi connectivity index (χ2v) is 6.13. The first-order valence-electron chi connectivity index (χ1n) is 7.15. The number of nitrogens with one attached hydrogen (secondary N) is 1. The zero-order chi connectivity index (χ0) is 14.5. The van der Waals surface area contributed by atoms with Gasteiger partial charge in [0.25, 0.3) is 5.19 Å². The van der Waals surface area contributed by atoms with Gasteiger partial charge < -0.3 is 14.8 Å². The number of methoxy groups -OCH3 is 1. The minimum Gasteiger partial charge on any atom is -0.430 e.